The highest BCUT2D eigenvalue weighted by Gasteiger charge is 2.27. The van der Waals surface area contributed by atoms with Gasteiger partial charge in [-0.1, -0.05) is 0 Å². The fourth-order valence-electron chi connectivity index (χ4n) is 3.47. The van der Waals surface area contributed by atoms with Crippen molar-refractivity contribution in [2.75, 3.05) is 32.9 Å². The number of sulfonamides is 1. The van der Waals surface area contributed by atoms with Crippen molar-refractivity contribution >= 4 is 26.9 Å². The number of hydrogen-bond donors (Lipinski definition) is 0. The molecule has 0 radical (unpaired) electrons. The first-order valence-corrected chi connectivity index (χ1v) is 11.4. The molecule has 0 saturated carbocycles. The van der Waals surface area contributed by atoms with Crippen LogP contribution in [0.5, 0.6) is 5.75 Å². The third-order valence-corrected chi connectivity index (χ3v) is 7.00. The number of rotatable bonds is 7. The second kappa shape index (κ2) is 8.85. The van der Waals surface area contributed by atoms with E-state index in [1.165, 1.54) is 34.6 Å². The molecule has 0 atom stereocenters. The summed E-state index contributed by atoms with van der Waals surface area (Å²) in [6.45, 7) is 2.69. The van der Waals surface area contributed by atoms with E-state index < -0.39 is 33.9 Å². The number of halogens is 1. The van der Waals surface area contributed by atoms with Crippen LogP contribution in [0.1, 0.15) is 17.3 Å². The normalized spacial score (nSPS) is 15.2. The molecule has 0 spiro atoms. The lowest BCUT2D eigenvalue weighted by atomic mass is 10.1. The molecule has 0 N–H and O–H groups in total. The Morgan fingerprint density at radius 3 is 2.59 bits per heavy atom. The summed E-state index contributed by atoms with van der Waals surface area (Å²) in [6, 6.07) is 7.85. The molecule has 1 fully saturated rings. The van der Waals surface area contributed by atoms with Crippen LogP contribution >= 0.6 is 0 Å². The highest BCUT2D eigenvalue weighted by Crippen LogP contribution is 2.23. The molecule has 0 bridgehead atoms. The van der Waals surface area contributed by atoms with E-state index in [9.17, 15) is 22.4 Å². The minimum atomic E-state index is -3.78. The fraction of sp³-hybridized carbons (Fsp3) is 0.333. The Hall–Kier alpha value is -3.02. The lowest BCUT2D eigenvalue weighted by molar-refractivity contribution is 0.0730. The fourth-order valence-corrected chi connectivity index (χ4v) is 4.90. The van der Waals surface area contributed by atoms with Crippen molar-refractivity contribution in [3.05, 3.63) is 58.3 Å². The average molecular weight is 464 g/mol. The molecule has 2 heterocycles. The number of fused-ring (bicyclic) bond motifs is 1. The maximum Gasteiger partial charge on any atom is 0.420 e. The Kier molecular flexibility index (Phi) is 6.13. The third kappa shape index (κ3) is 4.18. The third-order valence-electron chi connectivity index (χ3n) is 5.10. The quantitative estimate of drug-likeness (QED) is 0.493. The topological polar surface area (TPSA) is 108 Å². The van der Waals surface area contributed by atoms with E-state index >= 15 is 0 Å². The number of carbonyl (C=O) groups is 1. The number of aromatic nitrogens is 1. The number of nitrogens with zero attached hydrogens (tertiary/aromatic N) is 2. The predicted molar refractivity (Wildman–Crippen MR) is 112 cm³/mol. The van der Waals surface area contributed by atoms with Gasteiger partial charge in [0.15, 0.2) is 22.9 Å². The molecule has 1 saturated heterocycles. The molecule has 170 valence electrons. The first kappa shape index (κ1) is 22.2. The Morgan fingerprint density at radius 1 is 1.16 bits per heavy atom. The van der Waals surface area contributed by atoms with E-state index in [1.54, 1.807) is 6.92 Å². The van der Waals surface area contributed by atoms with Crippen LogP contribution in [-0.2, 0) is 21.3 Å². The van der Waals surface area contributed by atoms with Crippen LogP contribution in [0.2, 0.25) is 0 Å². The highest BCUT2D eigenvalue weighted by molar-refractivity contribution is 7.89. The van der Waals surface area contributed by atoms with Crippen molar-refractivity contribution in [3.8, 4) is 5.75 Å². The van der Waals surface area contributed by atoms with Gasteiger partial charge in [-0.3, -0.25) is 9.36 Å². The lowest BCUT2D eigenvalue weighted by Gasteiger charge is -2.25. The van der Waals surface area contributed by atoms with Crippen molar-refractivity contribution in [2.45, 2.75) is 18.4 Å². The van der Waals surface area contributed by atoms with E-state index in [4.69, 9.17) is 13.9 Å². The monoisotopic (exact) mass is 464 g/mol. The van der Waals surface area contributed by atoms with Crippen LogP contribution in [0.4, 0.5) is 4.39 Å². The van der Waals surface area contributed by atoms with Gasteiger partial charge in [0, 0.05) is 24.7 Å². The molecular formula is C21H21FN2O7S. The molecule has 9 nitrogen and oxygen atoms in total. The van der Waals surface area contributed by atoms with Crippen LogP contribution in [0.15, 0.2) is 50.5 Å². The Balaban J connectivity index is 1.62. The van der Waals surface area contributed by atoms with Gasteiger partial charge in [0.25, 0.3) is 0 Å². The van der Waals surface area contributed by atoms with E-state index in [2.05, 4.69) is 0 Å². The molecule has 0 amide bonds. The summed E-state index contributed by atoms with van der Waals surface area (Å²) in [5.74, 6) is -1.98. The van der Waals surface area contributed by atoms with Gasteiger partial charge >= 0.3 is 5.76 Å². The molecule has 3 aromatic rings. The van der Waals surface area contributed by atoms with Crippen molar-refractivity contribution < 1.29 is 31.5 Å². The molecule has 1 aliphatic rings. The molecule has 32 heavy (non-hydrogen) atoms. The molecule has 2 aromatic carbocycles. The zero-order valence-corrected chi connectivity index (χ0v) is 18.1. The first-order valence-electron chi connectivity index (χ1n) is 9.98. The van der Waals surface area contributed by atoms with Gasteiger partial charge < -0.3 is 13.9 Å². The summed E-state index contributed by atoms with van der Waals surface area (Å²) < 4.78 is 57.6. The van der Waals surface area contributed by atoms with Gasteiger partial charge in [-0.25, -0.2) is 17.6 Å². The molecule has 1 aromatic heterocycles. The van der Waals surface area contributed by atoms with Gasteiger partial charge in [0.1, 0.15) is 0 Å². The minimum Gasteiger partial charge on any atom is -0.491 e. The van der Waals surface area contributed by atoms with E-state index in [-0.39, 0.29) is 47.0 Å². The van der Waals surface area contributed by atoms with Crippen LogP contribution in [0.3, 0.4) is 0 Å². The summed E-state index contributed by atoms with van der Waals surface area (Å²) in [7, 11) is -3.78. The zero-order valence-electron chi connectivity index (χ0n) is 17.2. The van der Waals surface area contributed by atoms with Crippen molar-refractivity contribution in [1.29, 1.82) is 0 Å². The SMILES string of the molecule is CCOc1ccc(C(=O)Cn2c(=O)oc3cc(S(=O)(=O)N4CCOCC4)ccc32)cc1F. The number of benzene rings is 2. The lowest BCUT2D eigenvalue weighted by Crippen LogP contribution is -2.40. The summed E-state index contributed by atoms with van der Waals surface area (Å²) >= 11 is 0. The number of Topliss-reactive ketones (excluding diaryl/α,β-unsaturated/α-hetero) is 1. The summed E-state index contributed by atoms with van der Waals surface area (Å²) in [5, 5.41) is 0. The van der Waals surface area contributed by atoms with Crippen LogP contribution in [-0.4, -0.2) is 56.0 Å². The average Bonchev–Trinajstić information content (AvgIpc) is 3.10. The minimum absolute atomic E-state index is 0.0206. The van der Waals surface area contributed by atoms with E-state index in [0.717, 1.165) is 10.6 Å². The van der Waals surface area contributed by atoms with Crippen molar-refractivity contribution in [2.24, 2.45) is 0 Å². The number of carbonyl (C=O) groups excluding carboxylic acids is 1. The zero-order chi connectivity index (χ0) is 22.9. The molecule has 11 heteroatoms. The molecule has 4 rings (SSSR count). The standard InChI is InChI=1S/C21H21FN2O7S/c1-2-30-19-6-3-14(11-16(19)22)18(25)13-24-17-5-4-15(12-20(17)31-21(24)26)32(27,28)23-7-9-29-10-8-23/h3-6,11-12H,2,7-10,13H2,1H3. The predicted octanol–water partition coefficient (Wildman–Crippen LogP) is 2.04. The maximum absolute atomic E-state index is 14.1. The van der Waals surface area contributed by atoms with Crippen LogP contribution in [0.25, 0.3) is 11.1 Å². The number of hydrogen-bond acceptors (Lipinski definition) is 7. The summed E-state index contributed by atoms with van der Waals surface area (Å²) in [5.41, 5.74) is 0.365. The second-order valence-electron chi connectivity index (χ2n) is 7.10. The molecule has 0 unspecified atom stereocenters. The number of morpholine rings is 1. The smallest absolute Gasteiger partial charge is 0.420 e. The van der Waals surface area contributed by atoms with Gasteiger partial charge in [-0.15, -0.1) is 0 Å². The Bertz CT molecular complexity index is 1320. The molecule has 0 aliphatic carbocycles. The largest absolute Gasteiger partial charge is 0.491 e. The van der Waals surface area contributed by atoms with Crippen LogP contribution in [0, 0.1) is 5.82 Å². The summed E-state index contributed by atoms with van der Waals surface area (Å²) in [6.07, 6.45) is 0. The van der Waals surface area contributed by atoms with Gasteiger partial charge in [0.2, 0.25) is 10.0 Å². The highest BCUT2D eigenvalue weighted by atomic mass is 32.2. The van der Waals surface area contributed by atoms with E-state index in [0.29, 0.717) is 13.2 Å². The first-order chi connectivity index (χ1) is 15.3. The van der Waals surface area contributed by atoms with Gasteiger partial charge in [0.05, 0.1) is 36.8 Å². The summed E-state index contributed by atoms with van der Waals surface area (Å²) in [4.78, 5) is 25.0. The Morgan fingerprint density at radius 2 is 1.91 bits per heavy atom. The van der Waals surface area contributed by atoms with E-state index in [1.807, 2.05) is 0 Å². The number of oxazole rings is 1. The van der Waals surface area contributed by atoms with Crippen molar-refractivity contribution in [3.63, 3.8) is 0 Å². The number of ketones is 1. The Labute approximate surface area is 183 Å². The second-order valence-corrected chi connectivity index (χ2v) is 9.04. The number of ether oxygens (including phenoxy) is 2. The van der Waals surface area contributed by atoms with Crippen molar-refractivity contribution in [1.82, 2.24) is 8.87 Å². The maximum atomic E-state index is 14.1. The van der Waals surface area contributed by atoms with Gasteiger partial charge in [-0.2, -0.15) is 4.31 Å². The molecular weight excluding hydrogens is 443 g/mol. The molecule has 1 aliphatic heterocycles. The van der Waals surface area contributed by atoms with Crippen LogP contribution < -0.4 is 10.5 Å². The van der Waals surface area contributed by atoms with Gasteiger partial charge in [-0.05, 0) is 37.3 Å².